The number of piperidine rings is 1. The van der Waals surface area contributed by atoms with Gasteiger partial charge in [-0.15, -0.1) is 0 Å². The maximum absolute atomic E-state index is 13.5. The number of hydrogen-bond donors (Lipinski definition) is 2. The third kappa shape index (κ3) is 4.06. The molecule has 3 fully saturated rings. The van der Waals surface area contributed by atoms with Gasteiger partial charge in [-0.05, 0) is 51.0 Å². The summed E-state index contributed by atoms with van der Waals surface area (Å²) in [5, 5.41) is 11.0. The average molecular weight is 504 g/mol. The van der Waals surface area contributed by atoms with Crippen LogP contribution < -0.4 is 10.6 Å². The van der Waals surface area contributed by atoms with Crippen molar-refractivity contribution in [3.05, 3.63) is 39.6 Å². The summed E-state index contributed by atoms with van der Waals surface area (Å²) in [6.45, 7) is 5.72. The molecule has 2 aromatic rings. The molecule has 3 aliphatic rings. The van der Waals surface area contributed by atoms with Gasteiger partial charge in [0.15, 0.2) is 11.5 Å². The molecule has 2 saturated heterocycles. The number of nitrogens with two attached hydrogens (primary N) is 1. The third-order valence-electron chi connectivity index (χ3n) is 7.85. The monoisotopic (exact) mass is 503 g/mol. The van der Waals surface area contributed by atoms with Gasteiger partial charge < -0.3 is 20.6 Å². The maximum Gasteiger partial charge on any atom is 0.276 e. The highest BCUT2D eigenvalue weighted by Crippen LogP contribution is 2.46. The highest BCUT2D eigenvalue weighted by Gasteiger charge is 2.45. The molecule has 1 aromatic carbocycles. The van der Waals surface area contributed by atoms with E-state index in [2.05, 4.69) is 4.90 Å². The smallest absolute Gasteiger partial charge is 0.276 e. The van der Waals surface area contributed by atoms with Crippen LogP contribution in [0.3, 0.4) is 0 Å². The van der Waals surface area contributed by atoms with Gasteiger partial charge in [0.1, 0.15) is 0 Å². The first-order valence-electron chi connectivity index (χ1n) is 12.0. The molecule has 1 spiro atoms. The average Bonchev–Trinajstić information content (AvgIpc) is 3.13. The van der Waals surface area contributed by atoms with Gasteiger partial charge in [0.2, 0.25) is 0 Å². The van der Waals surface area contributed by atoms with Crippen molar-refractivity contribution in [3.63, 3.8) is 0 Å². The number of rotatable bonds is 3. The van der Waals surface area contributed by atoms with Crippen molar-refractivity contribution < 1.29 is 9.90 Å². The largest absolute Gasteiger partial charge is 0.386 e. The van der Waals surface area contributed by atoms with Gasteiger partial charge in [0.25, 0.3) is 5.91 Å². The highest BCUT2D eigenvalue weighted by molar-refractivity contribution is 6.43. The first-order valence-corrected chi connectivity index (χ1v) is 12.7. The van der Waals surface area contributed by atoms with Gasteiger partial charge in [-0.1, -0.05) is 41.8 Å². The standard InChI is InChI=1S/C25H31Cl2N5O2/c1-15-20(16-5-3-6-17(26)19(16)27)30-21(23(33)32-13-24(2,34)14-32)22(29-15)31-11-9-25(10-12-31)8-4-7-18(25)28/h3,5-6,18,34H,4,7-14,28H2,1-2H3/t18-/m1/s1. The fourth-order valence-electron chi connectivity index (χ4n) is 5.83. The number of aryl methyl sites for hydroxylation is 1. The van der Waals surface area contributed by atoms with Crippen LogP contribution in [0.1, 0.15) is 55.2 Å². The summed E-state index contributed by atoms with van der Waals surface area (Å²) in [6.07, 6.45) is 5.43. The Kier molecular flexibility index (Phi) is 6.04. The second kappa shape index (κ2) is 8.63. The lowest BCUT2D eigenvalue weighted by Gasteiger charge is -2.45. The summed E-state index contributed by atoms with van der Waals surface area (Å²) in [7, 11) is 0. The molecular formula is C25H31Cl2N5O2. The molecule has 3 N–H and O–H groups in total. The Labute approximate surface area is 210 Å². The molecule has 182 valence electrons. The molecule has 1 atom stereocenters. The Hall–Kier alpha value is -1.93. The van der Waals surface area contributed by atoms with Crippen molar-refractivity contribution in [2.24, 2.45) is 11.1 Å². The molecule has 7 nitrogen and oxygen atoms in total. The maximum atomic E-state index is 13.5. The molecule has 1 aliphatic carbocycles. The lowest BCUT2D eigenvalue weighted by molar-refractivity contribution is -0.0670. The molecule has 9 heteroatoms. The molecule has 0 unspecified atom stereocenters. The van der Waals surface area contributed by atoms with Crippen LogP contribution in [0.2, 0.25) is 10.0 Å². The van der Waals surface area contributed by atoms with E-state index in [9.17, 15) is 9.90 Å². The molecule has 0 radical (unpaired) electrons. The fraction of sp³-hybridized carbons (Fsp3) is 0.560. The van der Waals surface area contributed by atoms with Crippen molar-refractivity contribution in [2.75, 3.05) is 31.1 Å². The van der Waals surface area contributed by atoms with Crippen molar-refractivity contribution in [3.8, 4) is 11.3 Å². The van der Waals surface area contributed by atoms with Crippen LogP contribution in [0, 0.1) is 12.3 Å². The van der Waals surface area contributed by atoms with Crippen molar-refractivity contribution in [1.29, 1.82) is 0 Å². The second-order valence-electron chi connectivity index (χ2n) is 10.4. The number of hydrogen-bond acceptors (Lipinski definition) is 6. The second-order valence-corrected chi connectivity index (χ2v) is 11.2. The van der Waals surface area contributed by atoms with E-state index in [1.54, 1.807) is 17.9 Å². The third-order valence-corrected chi connectivity index (χ3v) is 8.67. The van der Waals surface area contributed by atoms with Gasteiger partial charge >= 0.3 is 0 Å². The van der Waals surface area contributed by atoms with E-state index < -0.39 is 5.60 Å². The number of nitrogens with zero attached hydrogens (tertiary/aromatic N) is 4. The van der Waals surface area contributed by atoms with E-state index in [0.717, 1.165) is 32.4 Å². The summed E-state index contributed by atoms with van der Waals surface area (Å²) < 4.78 is 0. The topological polar surface area (TPSA) is 95.6 Å². The van der Waals surface area contributed by atoms with Crippen LogP contribution in [0.25, 0.3) is 11.3 Å². The van der Waals surface area contributed by atoms with E-state index in [0.29, 0.717) is 38.5 Å². The van der Waals surface area contributed by atoms with Crippen LogP contribution in [0.15, 0.2) is 18.2 Å². The lowest BCUT2D eigenvalue weighted by Crippen LogP contribution is -2.62. The molecule has 34 heavy (non-hydrogen) atoms. The molecule has 1 saturated carbocycles. The summed E-state index contributed by atoms with van der Waals surface area (Å²) in [5.41, 5.74) is 7.97. The predicted molar refractivity (Wildman–Crippen MR) is 134 cm³/mol. The van der Waals surface area contributed by atoms with Gasteiger partial charge in [0.05, 0.1) is 40.1 Å². The quantitative estimate of drug-likeness (QED) is 0.655. The number of carbonyl (C=O) groups is 1. The number of β-amino-alcohol motifs (C(OH)–C–C–N with tert-alkyl or cyclic N) is 1. The number of aliphatic hydroxyl groups is 1. The minimum absolute atomic E-state index is 0.202. The van der Waals surface area contributed by atoms with Gasteiger partial charge in [0, 0.05) is 24.7 Å². The normalized spacial score (nSPS) is 23.3. The number of halogens is 2. The number of aromatic nitrogens is 2. The van der Waals surface area contributed by atoms with Gasteiger partial charge in [-0.3, -0.25) is 4.79 Å². The first-order chi connectivity index (χ1) is 16.1. The number of amides is 1. The summed E-state index contributed by atoms with van der Waals surface area (Å²) >= 11 is 12.7. The van der Waals surface area contributed by atoms with Crippen LogP contribution in [0.4, 0.5) is 5.82 Å². The zero-order valence-corrected chi connectivity index (χ0v) is 21.2. The van der Waals surface area contributed by atoms with Crippen molar-refractivity contribution in [2.45, 2.75) is 57.6 Å². The van der Waals surface area contributed by atoms with Gasteiger partial charge in [-0.25, -0.2) is 9.97 Å². The minimum Gasteiger partial charge on any atom is -0.386 e. The fourth-order valence-corrected chi connectivity index (χ4v) is 6.22. The molecule has 3 heterocycles. The molecule has 0 bridgehead atoms. The Bertz CT molecular complexity index is 1120. The number of benzene rings is 1. The Morgan fingerprint density at radius 2 is 1.88 bits per heavy atom. The molecule has 1 amide bonds. The highest BCUT2D eigenvalue weighted by atomic mass is 35.5. The summed E-state index contributed by atoms with van der Waals surface area (Å²) in [4.78, 5) is 27.0. The van der Waals surface area contributed by atoms with Crippen LogP contribution in [-0.2, 0) is 0 Å². The Balaban J connectivity index is 1.52. The zero-order valence-electron chi connectivity index (χ0n) is 19.7. The van der Waals surface area contributed by atoms with Gasteiger partial charge in [-0.2, -0.15) is 0 Å². The van der Waals surface area contributed by atoms with E-state index in [1.807, 2.05) is 19.1 Å². The predicted octanol–water partition coefficient (Wildman–Crippen LogP) is 4.06. The number of carbonyl (C=O) groups excluding carboxylic acids is 1. The zero-order chi connectivity index (χ0) is 24.3. The minimum atomic E-state index is -0.872. The number of likely N-dealkylation sites (tertiary alicyclic amines) is 1. The Morgan fingerprint density at radius 3 is 2.50 bits per heavy atom. The molecule has 5 rings (SSSR count). The summed E-state index contributed by atoms with van der Waals surface area (Å²) in [6, 6.07) is 5.61. The first kappa shape index (κ1) is 23.8. The van der Waals surface area contributed by atoms with E-state index in [4.69, 9.17) is 38.9 Å². The molecule has 1 aromatic heterocycles. The van der Waals surface area contributed by atoms with Crippen LogP contribution in [-0.4, -0.2) is 63.7 Å². The number of anilines is 1. The molecular weight excluding hydrogens is 473 g/mol. The summed E-state index contributed by atoms with van der Waals surface area (Å²) in [5.74, 6) is 0.364. The van der Waals surface area contributed by atoms with E-state index >= 15 is 0 Å². The SMILES string of the molecule is Cc1nc(N2CCC3(CCC[C@H]3N)CC2)c(C(=O)N2CC(C)(O)C2)nc1-c1cccc(Cl)c1Cl. The van der Waals surface area contributed by atoms with E-state index in [1.165, 1.54) is 12.8 Å². The van der Waals surface area contributed by atoms with Crippen molar-refractivity contribution in [1.82, 2.24) is 14.9 Å². The van der Waals surface area contributed by atoms with E-state index in [-0.39, 0.29) is 30.5 Å². The van der Waals surface area contributed by atoms with Crippen LogP contribution >= 0.6 is 23.2 Å². The van der Waals surface area contributed by atoms with Crippen molar-refractivity contribution >= 4 is 34.9 Å². The Morgan fingerprint density at radius 1 is 1.18 bits per heavy atom. The molecule has 2 aliphatic heterocycles. The van der Waals surface area contributed by atoms with Crippen LogP contribution in [0.5, 0.6) is 0 Å². The lowest BCUT2D eigenvalue weighted by atomic mass is 9.74.